The van der Waals surface area contributed by atoms with E-state index in [4.69, 9.17) is 4.42 Å². The van der Waals surface area contributed by atoms with Gasteiger partial charge in [-0.05, 0) is 31.2 Å². The largest absolute Gasteiger partial charge is 0.403 e. The lowest BCUT2D eigenvalue weighted by Crippen LogP contribution is -2.08. The predicted octanol–water partition coefficient (Wildman–Crippen LogP) is 3.93. The molecule has 0 aliphatic rings. The summed E-state index contributed by atoms with van der Waals surface area (Å²) in [4.78, 5) is 1.80. The van der Waals surface area contributed by atoms with E-state index in [1.165, 1.54) is 21.8 Å². The lowest BCUT2D eigenvalue weighted by molar-refractivity contribution is 0.566. The molecule has 5 heteroatoms. The molecular formula is C18H18N4O. The van der Waals surface area contributed by atoms with Gasteiger partial charge < -0.3 is 13.9 Å². The van der Waals surface area contributed by atoms with Crippen molar-refractivity contribution in [3.8, 4) is 11.5 Å². The third-order valence-electron chi connectivity index (χ3n) is 4.13. The van der Waals surface area contributed by atoms with Gasteiger partial charge in [0.1, 0.15) is 0 Å². The van der Waals surface area contributed by atoms with Crippen molar-refractivity contribution in [3.05, 3.63) is 42.5 Å². The van der Waals surface area contributed by atoms with Crippen molar-refractivity contribution in [2.75, 3.05) is 19.0 Å². The molecule has 0 atom stereocenters. The Morgan fingerprint density at radius 1 is 1.00 bits per heavy atom. The van der Waals surface area contributed by atoms with Gasteiger partial charge >= 0.3 is 6.01 Å². The minimum atomic E-state index is 0.510. The maximum atomic E-state index is 5.72. The summed E-state index contributed by atoms with van der Waals surface area (Å²) in [6, 6.07) is 15.3. The number of aryl methyl sites for hydroxylation is 1. The Balaban J connectivity index is 1.95. The Hall–Kier alpha value is -2.82. The van der Waals surface area contributed by atoms with Crippen molar-refractivity contribution in [3.63, 3.8) is 0 Å². The van der Waals surface area contributed by atoms with Crippen molar-refractivity contribution in [1.82, 2.24) is 14.8 Å². The van der Waals surface area contributed by atoms with Crippen molar-refractivity contribution >= 4 is 27.8 Å². The molecule has 0 saturated carbocycles. The van der Waals surface area contributed by atoms with Crippen molar-refractivity contribution in [1.29, 1.82) is 0 Å². The lowest BCUT2D eigenvalue weighted by Gasteiger charge is -2.04. The van der Waals surface area contributed by atoms with Gasteiger partial charge in [-0.2, -0.15) is 0 Å². The Labute approximate surface area is 134 Å². The van der Waals surface area contributed by atoms with Gasteiger partial charge in [-0.3, -0.25) is 0 Å². The minimum absolute atomic E-state index is 0.510. The fourth-order valence-electron chi connectivity index (χ4n) is 3.04. The Morgan fingerprint density at radius 3 is 2.52 bits per heavy atom. The fourth-order valence-corrected chi connectivity index (χ4v) is 3.04. The number of para-hydroxylation sites is 1. The van der Waals surface area contributed by atoms with Crippen LogP contribution in [0.4, 0.5) is 6.01 Å². The molecule has 23 heavy (non-hydrogen) atoms. The summed E-state index contributed by atoms with van der Waals surface area (Å²) in [5.74, 6) is 0.545. The molecule has 2 aromatic carbocycles. The summed E-state index contributed by atoms with van der Waals surface area (Å²) in [5, 5.41) is 10.7. The second kappa shape index (κ2) is 5.12. The first-order chi connectivity index (χ1) is 11.2. The maximum Gasteiger partial charge on any atom is 0.317 e. The molecule has 4 rings (SSSR count). The molecule has 2 aromatic heterocycles. The van der Waals surface area contributed by atoms with E-state index in [2.05, 4.69) is 58.1 Å². The van der Waals surface area contributed by atoms with Gasteiger partial charge in [0.25, 0.3) is 0 Å². The normalized spacial score (nSPS) is 11.4. The SMILES string of the molecule is CCn1c2ccccc2c2cc(-c3nnc(N(C)C)o3)ccc21. The van der Waals surface area contributed by atoms with E-state index in [1.807, 2.05) is 20.2 Å². The van der Waals surface area contributed by atoms with Crippen LogP contribution >= 0.6 is 0 Å². The highest BCUT2D eigenvalue weighted by molar-refractivity contribution is 6.09. The average Bonchev–Trinajstić information content (AvgIpc) is 3.17. The molecule has 0 aliphatic carbocycles. The third-order valence-corrected chi connectivity index (χ3v) is 4.13. The highest BCUT2D eigenvalue weighted by Gasteiger charge is 2.14. The fraction of sp³-hybridized carbons (Fsp3) is 0.222. The predicted molar refractivity (Wildman–Crippen MR) is 92.7 cm³/mol. The first-order valence-corrected chi connectivity index (χ1v) is 7.71. The van der Waals surface area contributed by atoms with Crippen molar-refractivity contribution < 1.29 is 4.42 Å². The van der Waals surface area contributed by atoms with E-state index < -0.39 is 0 Å². The third kappa shape index (κ3) is 2.08. The molecule has 2 heterocycles. The first kappa shape index (κ1) is 13.8. The summed E-state index contributed by atoms with van der Waals surface area (Å²) in [5.41, 5.74) is 3.42. The van der Waals surface area contributed by atoms with E-state index in [1.54, 1.807) is 4.90 Å². The molecule has 0 radical (unpaired) electrons. The maximum absolute atomic E-state index is 5.72. The topological polar surface area (TPSA) is 47.1 Å². The Morgan fingerprint density at radius 2 is 1.78 bits per heavy atom. The number of fused-ring (bicyclic) bond motifs is 3. The van der Waals surface area contributed by atoms with E-state index in [0.717, 1.165) is 12.1 Å². The van der Waals surface area contributed by atoms with Gasteiger partial charge in [-0.15, -0.1) is 5.10 Å². The summed E-state index contributed by atoms with van der Waals surface area (Å²) < 4.78 is 8.05. The molecule has 0 unspecified atom stereocenters. The molecule has 5 nitrogen and oxygen atoms in total. The summed E-state index contributed by atoms with van der Waals surface area (Å²) in [6.07, 6.45) is 0. The number of hydrogen-bond acceptors (Lipinski definition) is 4. The number of anilines is 1. The van der Waals surface area contributed by atoms with E-state index >= 15 is 0 Å². The standard InChI is InChI=1S/C18H18N4O/c1-4-22-15-8-6-5-7-13(15)14-11-12(9-10-16(14)22)17-19-20-18(23-17)21(2)3/h5-11H,4H2,1-3H3. The van der Waals surface area contributed by atoms with Crippen LogP contribution in [0, 0.1) is 0 Å². The number of hydrogen-bond donors (Lipinski definition) is 0. The van der Waals surface area contributed by atoms with Gasteiger partial charge in [-0.25, -0.2) is 0 Å². The van der Waals surface area contributed by atoms with Gasteiger partial charge in [0.05, 0.1) is 0 Å². The molecule has 0 aliphatic heterocycles. The zero-order valence-electron chi connectivity index (χ0n) is 13.4. The molecule has 0 bridgehead atoms. The van der Waals surface area contributed by atoms with E-state index in [-0.39, 0.29) is 0 Å². The first-order valence-electron chi connectivity index (χ1n) is 7.71. The Bertz CT molecular complexity index is 997. The van der Waals surface area contributed by atoms with Crippen LogP contribution < -0.4 is 4.90 Å². The Kier molecular flexibility index (Phi) is 3.08. The van der Waals surface area contributed by atoms with E-state index in [0.29, 0.717) is 11.9 Å². The number of benzene rings is 2. The molecule has 116 valence electrons. The minimum Gasteiger partial charge on any atom is -0.403 e. The van der Waals surface area contributed by atoms with Crippen LogP contribution in [0.1, 0.15) is 6.92 Å². The smallest absolute Gasteiger partial charge is 0.317 e. The van der Waals surface area contributed by atoms with Gasteiger partial charge in [0.15, 0.2) is 0 Å². The monoisotopic (exact) mass is 306 g/mol. The zero-order chi connectivity index (χ0) is 16.0. The molecule has 0 amide bonds. The molecule has 0 spiro atoms. The van der Waals surface area contributed by atoms with Crippen molar-refractivity contribution in [2.45, 2.75) is 13.5 Å². The van der Waals surface area contributed by atoms with Crippen LogP contribution in [-0.4, -0.2) is 28.9 Å². The second-order valence-electron chi connectivity index (χ2n) is 5.78. The second-order valence-corrected chi connectivity index (χ2v) is 5.78. The summed E-state index contributed by atoms with van der Waals surface area (Å²) in [7, 11) is 3.77. The average molecular weight is 306 g/mol. The number of nitrogens with zero attached hydrogens (tertiary/aromatic N) is 4. The molecule has 4 aromatic rings. The molecule has 0 fully saturated rings. The van der Waals surface area contributed by atoms with Gasteiger partial charge in [-0.1, -0.05) is 23.3 Å². The molecule has 0 N–H and O–H groups in total. The van der Waals surface area contributed by atoms with Crippen molar-refractivity contribution in [2.24, 2.45) is 0 Å². The lowest BCUT2D eigenvalue weighted by atomic mass is 10.1. The van der Waals surface area contributed by atoms with Gasteiger partial charge in [0.2, 0.25) is 5.89 Å². The van der Waals surface area contributed by atoms with Crippen LogP contribution in [0.2, 0.25) is 0 Å². The van der Waals surface area contributed by atoms with Crippen LogP contribution in [0.3, 0.4) is 0 Å². The quantitative estimate of drug-likeness (QED) is 0.575. The summed E-state index contributed by atoms with van der Waals surface area (Å²) >= 11 is 0. The molecule has 0 saturated heterocycles. The number of aromatic nitrogens is 3. The van der Waals surface area contributed by atoms with Crippen LogP contribution in [0.5, 0.6) is 0 Å². The van der Waals surface area contributed by atoms with Gasteiger partial charge in [0, 0.05) is 48.0 Å². The van der Waals surface area contributed by atoms with Crippen LogP contribution in [-0.2, 0) is 6.54 Å². The van der Waals surface area contributed by atoms with Crippen LogP contribution in [0.25, 0.3) is 33.3 Å². The molecular weight excluding hydrogens is 288 g/mol. The summed E-state index contributed by atoms with van der Waals surface area (Å²) in [6.45, 7) is 3.11. The highest BCUT2D eigenvalue weighted by Crippen LogP contribution is 2.32. The highest BCUT2D eigenvalue weighted by atomic mass is 16.4. The number of rotatable bonds is 3. The van der Waals surface area contributed by atoms with Crippen LogP contribution in [0.15, 0.2) is 46.9 Å². The zero-order valence-corrected chi connectivity index (χ0v) is 13.4. The van der Waals surface area contributed by atoms with E-state index in [9.17, 15) is 0 Å².